The zero-order valence-corrected chi connectivity index (χ0v) is 14.5. The Bertz CT molecular complexity index is 979. The summed E-state index contributed by atoms with van der Waals surface area (Å²) in [6, 6.07) is 15.1. The van der Waals surface area contributed by atoms with E-state index in [4.69, 9.17) is 0 Å². The maximum atomic E-state index is 12.6. The van der Waals surface area contributed by atoms with E-state index in [0.717, 1.165) is 35.1 Å². The lowest BCUT2D eigenvalue weighted by Crippen LogP contribution is -2.28. The fourth-order valence-electron chi connectivity index (χ4n) is 3.37. The van der Waals surface area contributed by atoms with Gasteiger partial charge in [0, 0.05) is 24.0 Å². The summed E-state index contributed by atoms with van der Waals surface area (Å²) in [5.74, 6) is -0.0700. The highest BCUT2D eigenvalue weighted by Crippen LogP contribution is 2.25. The molecule has 4 rings (SSSR count). The van der Waals surface area contributed by atoms with Crippen molar-refractivity contribution in [1.29, 1.82) is 0 Å². The number of aromatic nitrogens is 2. The normalized spacial score (nSPS) is 15.4. The minimum Gasteiger partial charge on any atom is -0.344 e. The lowest BCUT2D eigenvalue weighted by molar-refractivity contribution is -0.117. The molecular formula is C20H20N4O2. The number of nitrogens with zero attached hydrogens (tertiary/aromatic N) is 2. The van der Waals surface area contributed by atoms with Crippen LogP contribution >= 0.6 is 0 Å². The van der Waals surface area contributed by atoms with Crippen LogP contribution in [0.25, 0.3) is 10.9 Å². The first-order valence-electron chi connectivity index (χ1n) is 8.78. The van der Waals surface area contributed by atoms with Crippen LogP contribution in [0.1, 0.15) is 41.9 Å². The lowest BCUT2D eigenvalue weighted by Gasteiger charge is -2.19. The second-order valence-corrected chi connectivity index (χ2v) is 6.56. The number of benzene rings is 2. The first kappa shape index (κ1) is 16.3. The first-order chi connectivity index (χ1) is 12.6. The van der Waals surface area contributed by atoms with Gasteiger partial charge in [-0.15, -0.1) is 0 Å². The van der Waals surface area contributed by atoms with Crippen LogP contribution in [0.3, 0.4) is 0 Å². The Morgan fingerprint density at radius 2 is 2.08 bits per heavy atom. The van der Waals surface area contributed by atoms with Gasteiger partial charge < -0.3 is 10.2 Å². The van der Waals surface area contributed by atoms with Crippen LogP contribution in [0.2, 0.25) is 0 Å². The van der Waals surface area contributed by atoms with E-state index in [0.29, 0.717) is 12.1 Å². The number of para-hydroxylation sites is 1. The summed E-state index contributed by atoms with van der Waals surface area (Å²) in [5.41, 5.74) is 3.06. The Balaban J connectivity index is 1.53. The average molecular weight is 348 g/mol. The highest BCUT2D eigenvalue weighted by atomic mass is 16.2. The van der Waals surface area contributed by atoms with E-state index < -0.39 is 0 Å². The molecule has 1 saturated heterocycles. The molecule has 2 N–H and O–H groups in total. The molecule has 1 aliphatic rings. The van der Waals surface area contributed by atoms with Gasteiger partial charge in [0.15, 0.2) is 5.69 Å². The summed E-state index contributed by atoms with van der Waals surface area (Å²) in [5, 5.41) is 10.8. The SMILES string of the molecule is CC(NC(=O)c1n[nH]c2ccccc12)c1cccc(N2CCCC2=O)c1. The lowest BCUT2D eigenvalue weighted by atomic mass is 10.1. The van der Waals surface area contributed by atoms with Crippen LogP contribution < -0.4 is 10.2 Å². The molecule has 132 valence electrons. The number of amides is 2. The van der Waals surface area contributed by atoms with Gasteiger partial charge in [0.05, 0.1) is 11.6 Å². The monoisotopic (exact) mass is 348 g/mol. The van der Waals surface area contributed by atoms with Crippen LogP contribution in [-0.2, 0) is 4.79 Å². The Morgan fingerprint density at radius 3 is 2.88 bits per heavy atom. The van der Waals surface area contributed by atoms with Crippen molar-refractivity contribution in [3.8, 4) is 0 Å². The number of nitrogens with one attached hydrogen (secondary N) is 2. The van der Waals surface area contributed by atoms with Crippen molar-refractivity contribution in [2.24, 2.45) is 0 Å². The minimum atomic E-state index is -0.224. The third-order valence-electron chi connectivity index (χ3n) is 4.79. The van der Waals surface area contributed by atoms with Crippen LogP contribution in [0, 0.1) is 0 Å². The van der Waals surface area contributed by atoms with Crippen LogP contribution in [0.15, 0.2) is 48.5 Å². The molecule has 0 saturated carbocycles. The van der Waals surface area contributed by atoms with Gasteiger partial charge in [0.2, 0.25) is 5.91 Å². The largest absolute Gasteiger partial charge is 0.344 e. The summed E-state index contributed by atoms with van der Waals surface area (Å²) in [4.78, 5) is 26.4. The van der Waals surface area contributed by atoms with E-state index in [-0.39, 0.29) is 17.9 Å². The third-order valence-corrected chi connectivity index (χ3v) is 4.79. The first-order valence-corrected chi connectivity index (χ1v) is 8.78. The molecule has 26 heavy (non-hydrogen) atoms. The fraction of sp³-hybridized carbons (Fsp3) is 0.250. The molecule has 1 aromatic heterocycles. The number of rotatable bonds is 4. The second kappa shape index (κ2) is 6.63. The number of fused-ring (bicyclic) bond motifs is 1. The molecule has 2 amide bonds. The molecule has 0 spiro atoms. The third kappa shape index (κ3) is 2.94. The molecule has 6 heteroatoms. The summed E-state index contributed by atoms with van der Waals surface area (Å²) < 4.78 is 0. The Kier molecular flexibility index (Phi) is 4.16. The number of anilines is 1. The molecule has 0 aliphatic carbocycles. The van der Waals surface area contributed by atoms with E-state index in [1.807, 2.05) is 55.5 Å². The van der Waals surface area contributed by atoms with Crippen molar-refractivity contribution in [2.45, 2.75) is 25.8 Å². The molecule has 2 heterocycles. The predicted molar refractivity (Wildman–Crippen MR) is 100 cm³/mol. The number of carbonyl (C=O) groups is 2. The van der Waals surface area contributed by atoms with E-state index in [1.165, 1.54) is 0 Å². The molecule has 0 radical (unpaired) electrons. The van der Waals surface area contributed by atoms with Crippen LogP contribution in [0.4, 0.5) is 5.69 Å². The minimum absolute atomic E-state index is 0.154. The molecule has 2 aromatic carbocycles. The van der Waals surface area contributed by atoms with Crippen molar-refractivity contribution >= 4 is 28.4 Å². The Labute approximate surface area is 151 Å². The summed E-state index contributed by atoms with van der Waals surface area (Å²) >= 11 is 0. The molecular weight excluding hydrogens is 328 g/mol. The predicted octanol–water partition coefficient (Wildman–Crippen LogP) is 3.18. The van der Waals surface area contributed by atoms with E-state index in [1.54, 1.807) is 4.90 Å². The highest BCUT2D eigenvalue weighted by molar-refractivity contribution is 6.04. The highest BCUT2D eigenvalue weighted by Gasteiger charge is 2.22. The number of carbonyl (C=O) groups excluding carboxylic acids is 2. The maximum Gasteiger partial charge on any atom is 0.272 e. The maximum absolute atomic E-state index is 12.6. The van der Waals surface area contributed by atoms with Gasteiger partial charge in [-0.1, -0.05) is 30.3 Å². The molecule has 3 aromatic rings. The number of hydrogen-bond acceptors (Lipinski definition) is 3. The number of H-pyrrole nitrogens is 1. The van der Waals surface area contributed by atoms with Gasteiger partial charge >= 0.3 is 0 Å². The van der Waals surface area contributed by atoms with Crippen molar-refractivity contribution in [3.63, 3.8) is 0 Å². The van der Waals surface area contributed by atoms with Crippen molar-refractivity contribution in [2.75, 3.05) is 11.4 Å². The van der Waals surface area contributed by atoms with E-state index >= 15 is 0 Å². The van der Waals surface area contributed by atoms with Gasteiger partial charge in [0.25, 0.3) is 5.91 Å². The Hall–Kier alpha value is -3.15. The quantitative estimate of drug-likeness (QED) is 0.760. The summed E-state index contributed by atoms with van der Waals surface area (Å²) in [7, 11) is 0. The zero-order chi connectivity index (χ0) is 18.1. The van der Waals surface area contributed by atoms with Gasteiger partial charge in [-0.05, 0) is 37.1 Å². The molecule has 6 nitrogen and oxygen atoms in total. The van der Waals surface area contributed by atoms with Gasteiger partial charge in [0.1, 0.15) is 0 Å². The van der Waals surface area contributed by atoms with E-state index in [9.17, 15) is 9.59 Å². The number of hydrogen-bond donors (Lipinski definition) is 2. The van der Waals surface area contributed by atoms with Crippen LogP contribution in [0.5, 0.6) is 0 Å². The number of aromatic amines is 1. The molecule has 1 fully saturated rings. The van der Waals surface area contributed by atoms with Crippen molar-refractivity contribution in [3.05, 3.63) is 59.8 Å². The van der Waals surface area contributed by atoms with Crippen LogP contribution in [-0.4, -0.2) is 28.6 Å². The molecule has 0 bridgehead atoms. The second-order valence-electron chi connectivity index (χ2n) is 6.56. The van der Waals surface area contributed by atoms with Gasteiger partial charge in [-0.3, -0.25) is 14.7 Å². The smallest absolute Gasteiger partial charge is 0.272 e. The van der Waals surface area contributed by atoms with Gasteiger partial charge in [-0.2, -0.15) is 5.10 Å². The summed E-state index contributed by atoms with van der Waals surface area (Å²) in [6.45, 7) is 2.68. The Morgan fingerprint density at radius 1 is 1.23 bits per heavy atom. The van der Waals surface area contributed by atoms with Crippen molar-refractivity contribution in [1.82, 2.24) is 15.5 Å². The fourth-order valence-corrected chi connectivity index (χ4v) is 3.37. The zero-order valence-electron chi connectivity index (χ0n) is 14.5. The van der Waals surface area contributed by atoms with E-state index in [2.05, 4.69) is 15.5 Å². The topological polar surface area (TPSA) is 78.1 Å². The molecule has 1 atom stereocenters. The molecule has 1 unspecified atom stereocenters. The summed E-state index contributed by atoms with van der Waals surface area (Å²) in [6.07, 6.45) is 1.49. The average Bonchev–Trinajstić information content (AvgIpc) is 3.28. The molecule has 1 aliphatic heterocycles. The standard InChI is InChI=1S/C20H20N4O2/c1-13(14-6-4-7-15(12-14)24-11-5-10-18(24)25)21-20(26)19-16-8-2-3-9-17(16)22-23-19/h2-4,6-9,12-13H,5,10-11H2,1H3,(H,21,26)(H,22,23). The van der Waals surface area contributed by atoms with Crippen molar-refractivity contribution < 1.29 is 9.59 Å². The van der Waals surface area contributed by atoms with Gasteiger partial charge in [-0.25, -0.2) is 0 Å².